The summed E-state index contributed by atoms with van der Waals surface area (Å²) < 4.78 is 9.28. The number of esters is 1. The normalized spacial score (nSPS) is 11.9. The van der Waals surface area contributed by atoms with Crippen molar-refractivity contribution in [2.75, 3.05) is 19.8 Å². The van der Waals surface area contributed by atoms with Crippen LogP contribution in [0.15, 0.2) is 16.6 Å². The van der Waals surface area contributed by atoms with E-state index in [0.717, 1.165) is 0 Å². The van der Waals surface area contributed by atoms with Gasteiger partial charge in [-0.15, -0.1) is 4.91 Å². The molecule has 0 saturated heterocycles. The van der Waals surface area contributed by atoms with Crippen molar-refractivity contribution < 1.29 is 19.4 Å². The first-order chi connectivity index (χ1) is 6.67. The van der Waals surface area contributed by atoms with Crippen LogP contribution in [0.5, 0.6) is 0 Å². The van der Waals surface area contributed by atoms with Crippen molar-refractivity contribution in [2.24, 2.45) is 5.18 Å². The van der Waals surface area contributed by atoms with Crippen LogP contribution in [0.4, 0.5) is 0 Å². The zero-order chi connectivity index (χ0) is 11.0. The predicted molar refractivity (Wildman–Crippen MR) is 48.6 cm³/mol. The highest BCUT2D eigenvalue weighted by atomic mass is 16.5. The van der Waals surface area contributed by atoms with Gasteiger partial charge in [-0.05, 0) is 19.0 Å². The van der Waals surface area contributed by atoms with Gasteiger partial charge in [0.2, 0.25) is 5.70 Å². The molecule has 0 fully saturated rings. The van der Waals surface area contributed by atoms with Crippen LogP contribution < -0.4 is 0 Å². The molecule has 0 radical (unpaired) electrons. The summed E-state index contributed by atoms with van der Waals surface area (Å²) in [6, 6.07) is 0. The van der Waals surface area contributed by atoms with E-state index >= 15 is 0 Å². The molecular formula is C8H13NO5. The summed E-state index contributed by atoms with van der Waals surface area (Å²) in [5.41, 5.74) is -0.639. The Bertz CT molecular complexity index is 236. The van der Waals surface area contributed by atoms with E-state index in [1.165, 1.54) is 0 Å². The molecule has 14 heavy (non-hydrogen) atoms. The molecule has 0 aliphatic carbocycles. The fourth-order valence-electron chi connectivity index (χ4n) is 0.674. The third-order valence-corrected chi connectivity index (χ3v) is 1.28. The second-order valence-electron chi connectivity index (χ2n) is 2.24. The van der Waals surface area contributed by atoms with Crippen molar-refractivity contribution in [3.8, 4) is 0 Å². The topological polar surface area (TPSA) is 85.2 Å². The van der Waals surface area contributed by atoms with Crippen molar-refractivity contribution in [2.45, 2.75) is 13.8 Å². The highest BCUT2D eigenvalue weighted by Gasteiger charge is 2.17. The lowest BCUT2D eigenvalue weighted by Gasteiger charge is -2.03. The predicted octanol–water partition coefficient (Wildman–Crippen LogP) is 1.12. The van der Waals surface area contributed by atoms with Crippen molar-refractivity contribution >= 4 is 5.97 Å². The first kappa shape index (κ1) is 12.6. The van der Waals surface area contributed by atoms with E-state index in [9.17, 15) is 14.8 Å². The lowest BCUT2D eigenvalue weighted by Crippen LogP contribution is -2.11. The summed E-state index contributed by atoms with van der Waals surface area (Å²) in [6.07, 6.45) is 0. The van der Waals surface area contributed by atoms with Crippen molar-refractivity contribution in [1.82, 2.24) is 0 Å². The molecule has 0 amide bonds. The number of aliphatic hydroxyl groups is 1. The fourth-order valence-corrected chi connectivity index (χ4v) is 0.674. The zero-order valence-corrected chi connectivity index (χ0v) is 8.15. The van der Waals surface area contributed by atoms with Crippen molar-refractivity contribution in [3.63, 3.8) is 0 Å². The van der Waals surface area contributed by atoms with Crippen LogP contribution in [0.2, 0.25) is 0 Å². The Morgan fingerprint density at radius 2 is 2.00 bits per heavy atom. The number of nitrogens with zero attached hydrogens (tertiary/aromatic N) is 1. The number of carbonyl (C=O) groups is 1. The Kier molecular flexibility index (Phi) is 6.30. The molecule has 0 spiro atoms. The molecule has 0 aromatic rings. The van der Waals surface area contributed by atoms with E-state index in [0.29, 0.717) is 6.61 Å². The summed E-state index contributed by atoms with van der Waals surface area (Å²) in [6.45, 7) is 3.54. The summed E-state index contributed by atoms with van der Waals surface area (Å²) in [5, 5.41) is 11.6. The van der Waals surface area contributed by atoms with Crippen LogP contribution in [0.3, 0.4) is 0 Å². The Labute approximate surface area is 81.5 Å². The molecule has 0 atom stereocenters. The molecule has 1 N–H and O–H groups in total. The maximum atomic E-state index is 11.0. The fraction of sp³-hybridized carbons (Fsp3) is 0.625. The molecule has 0 aliphatic heterocycles. The van der Waals surface area contributed by atoms with Gasteiger partial charge >= 0.3 is 5.97 Å². The van der Waals surface area contributed by atoms with Gasteiger partial charge in [-0.25, -0.2) is 4.79 Å². The Morgan fingerprint density at radius 1 is 1.36 bits per heavy atom. The Balaban J connectivity index is 4.48. The molecule has 6 nitrogen and oxygen atoms in total. The second-order valence-corrected chi connectivity index (χ2v) is 2.24. The monoisotopic (exact) mass is 203 g/mol. The molecular weight excluding hydrogens is 190 g/mol. The van der Waals surface area contributed by atoms with Gasteiger partial charge in [-0.3, -0.25) is 0 Å². The maximum Gasteiger partial charge on any atom is 0.364 e. The zero-order valence-electron chi connectivity index (χ0n) is 8.15. The van der Waals surface area contributed by atoms with Gasteiger partial charge in [0.05, 0.1) is 6.61 Å². The van der Waals surface area contributed by atoms with E-state index < -0.39 is 17.4 Å². The van der Waals surface area contributed by atoms with Crippen molar-refractivity contribution in [1.29, 1.82) is 0 Å². The quantitative estimate of drug-likeness (QED) is 0.302. The van der Waals surface area contributed by atoms with E-state index in [1.54, 1.807) is 13.8 Å². The molecule has 0 bridgehead atoms. The van der Waals surface area contributed by atoms with Gasteiger partial charge in [-0.2, -0.15) is 0 Å². The van der Waals surface area contributed by atoms with Crippen LogP contribution in [-0.2, 0) is 14.3 Å². The Hall–Kier alpha value is -1.43. The first-order valence-electron chi connectivity index (χ1n) is 4.17. The molecule has 0 aliphatic rings. The van der Waals surface area contributed by atoms with Gasteiger partial charge in [0.1, 0.15) is 6.61 Å². The largest absolute Gasteiger partial charge is 0.507 e. The second kappa shape index (κ2) is 7.02. The van der Waals surface area contributed by atoms with Gasteiger partial charge in [0.25, 0.3) is 0 Å². The lowest BCUT2D eigenvalue weighted by molar-refractivity contribution is -0.138. The number of ether oxygens (including phenoxy) is 2. The van der Waals surface area contributed by atoms with Crippen LogP contribution in [0, 0.1) is 4.91 Å². The first-order valence-corrected chi connectivity index (χ1v) is 4.17. The maximum absolute atomic E-state index is 11.0. The third-order valence-electron chi connectivity index (χ3n) is 1.28. The average Bonchev–Trinajstić information content (AvgIpc) is 2.16. The van der Waals surface area contributed by atoms with Crippen LogP contribution >= 0.6 is 0 Å². The third kappa shape index (κ3) is 3.99. The lowest BCUT2D eigenvalue weighted by atomic mass is 10.4. The minimum absolute atomic E-state index is 0.111. The highest BCUT2D eigenvalue weighted by molar-refractivity contribution is 5.88. The summed E-state index contributed by atoms with van der Waals surface area (Å²) >= 11 is 0. The van der Waals surface area contributed by atoms with E-state index in [2.05, 4.69) is 9.91 Å². The van der Waals surface area contributed by atoms with Crippen LogP contribution in [0.1, 0.15) is 13.8 Å². The average molecular weight is 203 g/mol. The summed E-state index contributed by atoms with van der Waals surface area (Å²) in [7, 11) is 0. The SMILES string of the molecule is CCOCC(O)=C(N=O)C(=O)OCC. The number of hydrogen-bond acceptors (Lipinski definition) is 6. The van der Waals surface area contributed by atoms with E-state index in [-0.39, 0.29) is 13.2 Å². The number of rotatable bonds is 6. The molecule has 0 saturated carbocycles. The molecule has 0 heterocycles. The number of nitroso groups, excluding NO2 is 1. The summed E-state index contributed by atoms with van der Waals surface area (Å²) in [5.74, 6) is -1.46. The Morgan fingerprint density at radius 3 is 2.43 bits per heavy atom. The molecule has 0 unspecified atom stereocenters. The van der Waals surface area contributed by atoms with Gasteiger partial charge in [0.15, 0.2) is 5.76 Å². The van der Waals surface area contributed by atoms with E-state index in [4.69, 9.17) is 4.74 Å². The number of aliphatic hydroxyl groups excluding tert-OH is 1. The van der Waals surface area contributed by atoms with E-state index in [1.807, 2.05) is 0 Å². The highest BCUT2D eigenvalue weighted by Crippen LogP contribution is 2.06. The minimum atomic E-state index is -0.945. The van der Waals surface area contributed by atoms with Crippen molar-refractivity contribution in [3.05, 3.63) is 16.4 Å². The minimum Gasteiger partial charge on any atom is -0.507 e. The van der Waals surface area contributed by atoms with Gasteiger partial charge < -0.3 is 14.6 Å². The van der Waals surface area contributed by atoms with Crippen LogP contribution in [0.25, 0.3) is 0 Å². The molecule has 0 aromatic carbocycles. The van der Waals surface area contributed by atoms with Gasteiger partial charge in [-0.1, -0.05) is 0 Å². The molecule has 80 valence electrons. The standard InChI is InChI=1S/C8H13NO5/c1-3-13-5-6(10)7(9-12)8(11)14-4-2/h10H,3-5H2,1-2H3. The van der Waals surface area contributed by atoms with Crippen LogP contribution in [-0.4, -0.2) is 30.9 Å². The van der Waals surface area contributed by atoms with Gasteiger partial charge in [0, 0.05) is 6.61 Å². The number of hydrogen-bond donors (Lipinski definition) is 1. The molecule has 0 aromatic heterocycles. The molecule has 6 heteroatoms. The summed E-state index contributed by atoms with van der Waals surface area (Å²) in [4.78, 5) is 21.2. The molecule has 0 rings (SSSR count). The smallest absolute Gasteiger partial charge is 0.364 e. The number of carbonyl (C=O) groups excluding carboxylic acids is 1.